The normalized spacial score (nSPS) is 11.5. The molecule has 0 saturated carbocycles. The maximum atomic E-state index is 13.0. The average Bonchev–Trinajstić information content (AvgIpc) is 2.44. The Kier molecular flexibility index (Phi) is 4.55. The molecule has 1 aromatic carbocycles. The van der Waals surface area contributed by atoms with Gasteiger partial charge in [0.2, 0.25) is 0 Å². The highest BCUT2D eigenvalue weighted by atomic mass is 79.9. The zero-order chi connectivity index (χ0) is 16.5. The van der Waals surface area contributed by atoms with Gasteiger partial charge in [0.15, 0.2) is 0 Å². The van der Waals surface area contributed by atoms with Gasteiger partial charge in [0, 0.05) is 13.6 Å². The predicted molar refractivity (Wildman–Crippen MR) is 75.9 cm³/mol. The van der Waals surface area contributed by atoms with Gasteiger partial charge >= 0.3 is 6.18 Å². The second kappa shape index (κ2) is 6.07. The lowest BCUT2D eigenvalue weighted by atomic mass is 10.1. The molecule has 2 aromatic rings. The molecule has 0 saturated heterocycles. The number of hydrogen-bond acceptors (Lipinski definition) is 3. The summed E-state index contributed by atoms with van der Waals surface area (Å²) in [6.45, 7) is -0.234. The van der Waals surface area contributed by atoms with Crippen LogP contribution in [-0.4, -0.2) is 9.78 Å². The van der Waals surface area contributed by atoms with Gasteiger partial charge in [-0.05, 0) is 33.6 Å². The molecule has 0 unspecified atom stereocenters. The van der Waals surface area contributed by atoms with Crippen molar-refractivity contribution >= 4 is 21.6 Å². The standard InChI is InChI=1S/C13H10BrF4N3O/c1-21-12(22)11(14)10(6-20-21)19-5-7-2-3-8(15)4-9(7)13(16,17)18/h2-4,6,19H,5H2,1H3. The first-order chi connectivity index (χ1) is 10.2. The third kappa shape index (κ3) is 3.46. The Morgan fingerprint density at radius 1 is 1.36 bits per heavy atom. The molecule has 1 N–H and O–H groups in total. The van der Waals surface area contributed by atoms with Crippen molar-refractivity contribution in [2.75, 3.05) is 5.32 Å². The molecule has 0 aliphatic heterocycles. The molecular formula is C13H10BrF4N3O. The van der Waals surface area contributed by atoms with Crippen LogP contribution in [0.15, 0.2) is 33.7 Å². The van der Waals surface area contributed by atoms with Crippen LogP contribution in [-0.2, 0) is 19.8 Å². The molecule has 118 valence electrons. The Balaban J connectivity index is 2.30. The van der Waals surface area contributed by atoms with E-state index in [1.165, 1.54) is 13.2 Å². The summed E-state index contributed by atoms with van der Waals surface area (Å²) in [5, 5.41) is 6.45. The zero-order valence-electron chi connectivity index (χ0n) is 11.2. The summed E-state index contributed by atoms with van der Waals surface area (Å²) in [4.78, 5) is 11.7. The van der Waals surface area contributed by atoms with Crippen molar-refractivity contribution in [2.24, 2.45) is 7.05 Å². The van der Waals surface area contributed by atoms with Crippen LogP contribution in [0.25, 0.3) is 0 Å². The molecule has 0 aliphatic rings. The minimum atomic E-state index is -4.67. The van der Waals surface area contributed by atoms with Crippen LogP contribution in [0.3, 0.4) is 0 Å². The molecule has 1 aromatic heterocycles. The molecule has 1 heterocycles. The van der Waals surface area contributed by atoms with Crippen molar-refractivity contribution in [3.63, 3.8) is 0 Å². The van der Waals surface area contributed by atoms with Gasteiger partial charge < -0.3 is 5.32 Å². The van der Waals surface area contributed by atoms with Gasteiger partial charge in [-0.1, -0.05) is 6.07 Å². The maximum Gasteiger partial charge on any atom is 0.416 e. The van der Waals surface area contributed by atoms with Crippen molar-refractivity contribution in [1.82, 2.24) is 9.78 Å². The molecular weight excluding hydrogens is 370 g/mol. The number of aromatic nitrogens is 2. The van der Waals surface area contributed by atoms with Crippen LogP contribution in [0.2, 0.25) is 0 Å². The van der Waals surface area contributed by atoms with Gasteiger partial charge in [0.1, 0.15) is 10.3 Å². The van der Waals surface area contributed by atoms with E-state index in [1.54, 1.807) is 0 Å². The number of alkyl halides is 3. The minimum Gasteiger partial charge on any atom is -0.379 e. The Hall–Kier alpha value is -1.90. The molecule has 0 radical (unpaired) electrons. The topological polar surface area (TPSA) is 46.9 Å². The number of aryl methyl sites for hydroxylation is 1. The largest absolute Gasteiger partial charge is 0.416 e. The highest BCUT2D eigenvalue weighted by Gasteiger charge is 2.33. The highest BCUT2D eigenvalue weighted by Crippen LogP contribution is 2.33. The van der Waals surface area contributed by atoms with Crippen LogP contribution in [0, 0.1) is 5.82 Å². The summed E-state index contributed by atoms with van der Waals surface area (Å²) in [5.41, 5.74) is -1.38. The fraction of sp³-hybridized carbons (Fsp3) is 0.231. The fourth-order valence-electron chi connectivity index (χ4n) is 1.79. The summed E-state index contributed by atoms with van der Waals surface area (Å²) in [7, 11) is 1.44. The first-order valence-corrected chi connectivity index (χ1v) is 6.80. The van der Waals surface area contributed by atoms with Gasteiger partial charge in [-0.15, -0.1) is 0 Å². The number of benzene rings is 1. The van der Waals surface area contributed by atoms with E-state index in [1.807, 2.05) is 0 Å². The van der Waals surface area contributed by atoms with Crippen LogP contribution in [0.5, 0.6) is 0 Å². The van der Waals surface area contributed by atoms with Gasteiger partial charge in [0.25, 0.3) is 5.56 Å². The van der Waals surface area contributed by atoms with E-state index in [2.05, 4.69) is 26.3 Å². The number of hydrogen-bond donors (Lipinski definition) is 1. The van der Waals surface area contributed by atoms with Gasteiger partial charge in [-0.3, -0.25) is 4.79 Å². The SMILES string of the molecule is Cn1ncc(NCc2ccc(F)cc2C(F)(F)F)c(Br)c1=O. The summed E-state index contributed by atoms with van der Waals surface area (Å²) in [6.07, 6.45) is -3.36. The van der Waals surface area contributed by atoms with Gasteiger partial charge in [0.05, 0.1) is 17.4 Å². The third-order valence-corrected chi connectivity index (χ3v) is 3.69. The number of nitrogens with zero attached hydrogens (tertiary/aromatic N) is 2. The first kappa shape index (κ1) is 16.5. The van der Waals surface area contributed by atoms with Crippen LogP contribution >= 0.6 is 15.9 Å². The lowest BCUT2D eigenvalue weighted by Gasteiger charge is -2.14. The van der Waals surface area contributed by atoms with Crippen molar-refractivity contribution in [2.45, 2.75) is 12.7 Å². The lowest BCUT2D eigenvalue weighted by molar-refractivity contribution is -0.138. The second-order valence-corrected chi connectivity index (χ2v) is 5.25. The van der Waals surface area contributed by atoms with E-state index in [0.29, 0.717) is 6.07 Å². The maximum absolute atomic E-state index is 13.0. The summed E-state index contributed by atoms with van der Waals surface area (Å²) in [5.74, 6) is -0.965. The summed E-state index contributed by atoms with van der Waals surface area (Å²) in [6, 6.07) is 2.44. The van der Waals surface area contributed by atoms with Crippen LogP contribution in [0.4, 0.5) is 23.2 Å². The Bertz CT molecular complexity index is 758. The molecule has 9 heteroatoms. The average molecular weight is 380 g/mol. The summed E-state index contributed by atoms with van der Waals surface area (Å²) < 4.78 is 52.9. The van der Waals surface area contributed by atoms with Crippen LogP contribution in [0.1, 0.15) is 11.1 Å². The van der Waals surface area contributed by atoms with E-state index in [9.17, 15) is 22.4 Å². The molecule has 4 nitrogen and oxygen atoms in total. The van der Waals surface area contributed by atoms with E-state index in [0.717, 1.165) is 16.8 Å². The fourth-order valence-corrected chi connectivity index (χ4v) is 2.29. The molecule has 22 heavy (non-hydrogen) atoms. The minimum absolute atomic E-state index is 0.138. The Morgan fingerprint density at radius 2 is 2.05 bits per heavy atom. The Morgan fingerprint density at radius 3 is 2.68 bits per heavy atom. The van der Waals surface area contributed by atoms with Crippen molar-refractivity contribution in [3.05, 3.63) is 56.2 Å². The first-order valence-electron chi connectivity index (χ1n) is 6.01. The van der Waals surface area contributed by atoms with Crippen LogP contribution < -0.4 is 10.9 Å². The van der Waals surface area contributed by atoms with Crippen molar-refractivity contribution in [1.29, 1.82) is 0 Å². The molecule has 0 atom stereocenters. The van der Waals surface area contributed by atoms with Gasteiger partial charge in [-0.2, -0.15) is 18.3 Å². The Labute approximate surface area is 130 Å². The molecule has 0 fully saturated rings. The number of rotatable bonds is 3. The number of halogens is 5. The molecule has 0 amide bonds. The molecule has 0 spiro atoms. The molecule has 0 aliphatic carbocycles. The zero-order valence-corrected chi connectivity index (χ0v) is 12.8. The number of anilines is 1. The number of nitrogens with one attached hydrogen (secondary N) is 1. The lowest BCUT2D eigenvalue weighted by Crippen LogP contribution is -2.21. The molecule has 0 bridgehead atoms. The van der Waals surface area contributed by atoms with E-state index >= 15 is 0 Å². The second-order valence-electron chi connectivity index (χ2n) is 4.45. The third-order valence-electron chi connectivity index (χ3n) is 2.92. The van der Waals surface area contributed by atoms with Crippen molar-refractivity contribution in [3.8, 4) is 0 Å². The smallest absolute Gasteiger partial charge is 0.379 e. The van der Waals surface area contributed by atoms with Crippen molar-refractivity contribution < 1.29 is 17.6 Å². The monoisotopic (exact) mass is 379 g/mol. The van der Waals surface area contributed by atoms with Gasteiger partial charge in [-0.25, -0.2) is 9.07 Å². The quantitative estimate of drug-likeness (QED) is 0.832. The summed E-state index contributed by atoms with van der Waals surface area (Å²) >= 11 is 3.06. The molecule has 2 rings (SSSR count). The predicted octanol–water partition coefficient (Wildman–Crippen LogP) is 3.31. The highest BCUT2D eigenvalue weighted by molar-refractivity contribution is 9.10. The van der Waals surface area contributed by atoms with E-state index < -0.39 is 23.1 Å². The van der Waals surface area contributed by atoms with E-state index in [-0.39, 0.29) is 22.3 Å². The van der Waals surface area contributed by atoms with E-state index in [4.69, 9.17) is 0 Å².